The Morgan fingerprint density at radius 1 is 0.769 bits per heavy atom. The van der Waals surface area contributed by atoms with E-state index in [0.717, 1.165) is 50.5 Å². The number of unbranched alkanes of at least 4 members (excludes halogenated alkanes) is 8. The van der Waals surface area contributed by atoms with Crippen molar-refractivity contribution in [3.8, 4) is 0 Å². The molecular weight excluding hydrogens is 328 g/mol. The maximum atomic E-state index is 11.8. The van der Waals surface area contributed by atoms with Crippen molar-refractivity contribution in [1.82, 2.24) is 10.9 Å². The Morgan fingerprint density at radius 2 is 1.42 bits per heavy atom. The molecule has 0 aliphatic heterocycles. The van der Waals surface area contributed by atoms with Crippen molar-refractivity contribution < 1.29 is 9.59 Å². The first-order chi connectivity index (χ1) is 12.7. The summed E-state index contributed by atoms with van der Waals surface area (Å²) in [5.74, 6) is 10.00. The molecule has 0 aliphatic carbocycles. The van der Waals surface area contributed by atoms with Crippen molar-refractivity contribution in [3.05, 3.63) is 23.8 Å². The zero-order valence-electron chi connectivity index (χ0n) is 16.4. The fourth-order valence-electron chi connectivity index (χ4n) is 2.70. The van der Waals surface area contributed by atoms with E-state index in [0.29, 0.717) is 12.8 Å². The van der Waals surface area contributed by atoms with E-state index < -0.39 is 0 Å². The fourth-order valence-corrected chi connectivity index (χ4v) is 2.70. The minimum Gasteiger partial charge on any atom is -0.294 e. The van der Waals surface area contributed by atoms with E-state index in [1.165, 1.54) is 25.7 Å². The number of hydrazine groups is 2. The molecule has 0 aromatic carbocycles. The van der Waals surface area contributed by atoms with E-state index in [1.54, 1.807) is 0 Å². The van der Waals surface area contributed by atoms with Crippen LogP contribution in [-0.4, -0.2) is 11.8 Å². The summed E-state index contributed by atoms with van der Waals surface area (Å²) in [6.07, 6.45) is 19.3. The molecule has 6 N–H and O–H groups in total. The highest BCUT2D eigenvalue weighted by molar-refractivity contribution is 5.92. The molecule has 0 saturated carbocycles. The number of allylic oxidation sites excluding steroid dienone is 3. The molecule has 0 aromatic heterocycles. The number of amides is 2. The molecule has 0 spiro atoms. The first-order valence-electron chi connectivity index (χ1n) is 10.00. The number of rotatable bonds is 16. The monoisotopic (exact) mass is 366 g/mol. The van der Waals surface area contributed by atoms with Gasteiger partial charge in [-0.05, 0) is 44.9 Å². The van der Waals surface area contributed by atoms with Crippen LogP contribution in [0.3, 0.4) is 0 Å². The quantitative estimate of drug-likeness (QED) is 0.0836. The molecule has 0 fully saturated rings. The van der Waals surface area contributed by atoms with Crippen molar-refractivity contribution in [3.63, 3.8) is 0 Å². The van der Waals surface area contributed by atoms with Gasteiger partial charge in [0.25, 0.3) is 5.91 Å². The molecule has 0 aliphatic rings. The van der Waals surface area contributed by atoms with Crippen LogP contribution in [0.5, 0.6) is 0 Å². The Kier molecular flexibility index (Phi) is 17.0. The molecule has 0 rings (SSSR count). The second kappa shape index (κ2) is 18.1. The standard InChI is InChI=1S/C20H38N4O2/c1-2-3-4-5-6-7-9-12-15-18(20(26)24-22)16-13-10-8-11-14-17-19(25)23-21/h7,9,16H,2-6,8,10-15,17,21-22H2,1H3,(H,23,25)(H,24,26). The van der Waals surface area contributed by atoms with Gasteiger partial charge in [-0.25, -0.2) is 11.7 Å². The Bertz CT molecular complexity index is 434. The van der Waals surface area contributed by atoms with Crippen LogP contribution in [0.25, 0.3) is 0 Å². The molecule has 0 unspecified atom stereocenters. The number of carbonyl (C=O) groups excluding carboxylic acids is 2. The van der Waals surface area contributed by atoms with Gasteiger partial charge in [-0.3, -0.25) is 20.4 Å². The van der Waals surface area contributed by atoms with Gasteiger partial charge in [0.05, 0.1) is 0 Å². The van der Waals surface area contributed by atoms with Gasteiger partial charge in [-0.15, -0.1) is 0 Å². The van der Waals surface area contributed by atoms with Crippen molar-refractivity contribution in [1.29, 1.82) is 0 Å². The third kappa shape index (κ3) is 14.7. The molecule has 0 bridgehead atoms. The lowest BCUT2D eigenvalue weighted by molar-refractivity contribution is -0.121. The summed E-state index contributed by atoms with van der Waals surface area (Å²) in [6.45, 7) is 2.21. The zero-order chi connectivity index (χ0) is 19.5. The molecule has 6 heteroatoms. The van der Waals surface area contributed by atoms with Crippen LogP contribution in [0.2, 0.25) is 0 Å². The molecule has 6 nitrogen and oxygen atoms in total. The van der Waals surface area contributed by atoms with E-state index in [9.17, 15) is 9.59 Å². The van der Waals surface area contributed by atoms with Gasteiger partial charge in [0.2, 0.25) is 5.91 Å². The predicted molar refractivity (Wildman–Crippen MR) is 108 cm³/mol. The number of nitrogens with one attached hydrogen (secondary N) is 2. The van der Waals surface area contributed by atoms with Crippen LogP contribution in [-0.2, 0) is 9.59 Å². The lowest BCUT2D eigenvalue weighted by Gasteiger charge is -2.05. The number of hydrogen-bond acceptors (Lipinski definition) is 4. The largest absolute Gasteiger partial charge is 0.294 e. The minimum atomic E-state index is -0.194. The molecule has 26 heavy (non-hydrogen) atoms. The summed E-state index contributed by atoms with van der Waals surface area (Å²) < 4.78 is 0. The third-order valence-corrected chi connectivity index (χ3v) is 4.30. The predicted octanol–water partition coefficient (Wildman–Crippen LogP) is 3.54. The van der Waals surface area contributed by atoms with E-state index in [4.69, 9.17) is 11.7 Å². The molecule has 0 heterocycles. The lowest BCUT2D eigenvalue weighted by atomic mass is 10.0. The Balaban J connectivity index is 3.96. The smallest absolute Gasteiger partial charge is 0.260 e. The highest BCUT2D eigenvalue weighted by atomic mass is 16.2. The van der Waals surface area contributed by atoms with Gasteiger partial charge < -0.3 is 0 Å². The van der Waals surface area contributed by atoms with Crippen molar-refractivity contribution >= 4 is 11.8 Å². The maximum absolute atomic E-state index is 11.8. The Labute approximate surface area is 158 Å². The van der Waals surface area contributed by atoms with Crippen LogP contribution in [0.1, 0.15) is 90.4 Å². The highest BCUT2D eigenvalue weighted by Gasteiger charge is 2.06. The summed E-state index contributed by atoms with van der Waals surface area (Å²) in [5.41, 5.74) is 5.12. The fraction of sp³-hybridized carbons (Fsp3) is 0.700. The summed E-state index contributed by atoms with van der Waals surface area (Å²) in [5, 5.41) is 0. The highest BCUT2D eigenvalue weighted by Crippen LogP contribution is 2.12. The maximum Gasteiger partial charge on any atom is 0.260 e. The van der Waals surface area contributed by atoms with Gasteiger partial charge in [-0.1, -0.05) is 57.3 Å². The normalized spacial score (nSPS) is 11.7. The van der Waals surface area contributed by atoms with Crippen molar-refractivity contribution in [2.24, 2.45) is 11.7 Å². The molecular formula is C20H38N4O2. The zero-order valence-corrected chi connectivity index (χ0v) is 16.4. The van der Waals surface area contributed by atoms with Gasteiger partial charge in [0.15, 0.2) is 0 Å². The number of carbonyl (C=O) groups is 2. The van der Waals surface area contributed by atoms with Gasteiger partial charge >= 0.3 is 0 Å². The van der Waals surface area contributed by atoms with Crippen molar-refractivity contribution in [2.75, 3.05) is 0 Å². The van der Waals surface area contributed by atoms with E-state index in [2.05, 4.69) is 29.9 Å². The Hall–Kier alpha value is -1.66. The average molecular weight is 367 g/mol. The third-order valence-electron chi connectivity index (χ3n) is 4.30. The van der Waals surface area contributed by atoms with Crippen molar-refractivity contribution in [2.45, 2.75) is 90.4 Å². The first kappa shape index (κ1) is 24.3. The van der Waals surface area contributed by atoms with Crippen LogP contribution in [0.4, 0.5) is 0 Å². The number of hydrogen-bond donors (Lipinski definition) is 4. The van der Waals surface area contributed by atoms with E-state index >= 15 is 0 Å². The molecule has 0 radical (unpaired) electrons. The van der Waals surface area contributed by atoms with E-state index in [-0.39, 0.29) is 11.8 Å². The molecule has 0 saturated heterocycles. The van der Waals surface area contributed by atoms with Crippen LogP contribution < -0.4 is 22.5 Å². The first-order valence-corrected chi connectivity index (χ1v) is 10.00. The minimum absolute atomic E-state index is 0.120. The second-order valence-corrected chi connectivity index (χ2v) is 6.58. The molecule has 150 valence electrons. The molecule has 0 atom stereocenters. The number of nitrogens with two attached hydrogens (primary N) is 2. The van der Waals surface area contributed by atoms with Gasteiger partial charge in [0, 0.05) is 12.0 Å². The molecule has 0 aromatic rings. The van der Waals surface area contributed by atoms with E-state index in [1.807, 2.05) is 6.08 Å². The average Bonchev–Trinajstić information content (AvgIpc) is 2.66. The lowest BCUT2D eigenvalue weighted by Crippen LogP contribution is -2.31. The SMILES string of the molecule is CCCCCCC=CCCC(=CCCCCCCC(=O)NN)C(=O)NN. The second-order valence-electron chi connectivity index (χ2n) is 6.58. The van der Waals surface area contributed by atoms with Crippen LogP contribution in [0.15, 0.2) is 23.8 Å². The summed E-state index contributed by atoms with van der Waals surface area (Å²) in [7, 11) is 0. The summed E-state index contributed by atoms with van der Waals surface area (Å²) in [4.78, 5) is 22.8. The van der Waals surface area contributed by atoms with Crippen LogP contribution in [0, 0.1) is 0 Å². The van der Waals surface area contributed by atoms with Gasteiger partial charge in [0.1, 0.15) is 0 Å². The van der Waals surface area contributed by atoms with Crippen LogP contribution >= 0.6 is 0 Å². The topological polar surface area (TPSA) is 110 Å². The molecule has 2 amide bonds. The summed E-state index contributed by atoms with van der Waals surface area (Å²) in [6, 6.07) is 0. The summed E-state index contributed by atoms with van der Waals surface area (Å²) >= 11 is 0. The Morgan fingerprint density at radius 3 is 2.12 bits per heavy atom. The van der Waals surface area contributed by atoms with Gasteiger partial charge in [-0.2, -0.15) is 0 Å².